The first-order valence-electron chi connectivity index (χ1n) is 6.87. The Morgan fingerprint density at radius 3 is 2.56 bits per heavy atom. The first-order chi connectivity index (χ1) is 8.70. The smallest absolute Gasteiger partial charge is 0.123 e. The van der Waals surface area contributed by atoms with Crippen molar-refractivity contribution in [2.24, 2.45) is 5.92 Å². The number of halogens is 1. The van der Waals surface area contributed by atoms with Gasteiger partial charge in [-0.25, -0.2) is 4.39 Å². The van der Waals surface area contributed by atoms with Crippen LogP contribution in [-0.4, -0.2) is 17.7 Å². The van der Waals surface area contributed by atoms with Crippen LogP contribution in [0.2, 0.25) is 0 Å². The van der Waals surface area contributed by atoms with Gasteiger partial charge in [-0.15, -0.1) is 0 Å². The van der Waals surface area contributed by atoms with Gasteiger partial charge in [-0.3, -0.25) is 0 Å². The summed E-state index contributed by atoms with van der Waals surface area (Å²) >= 11 is 0. The van der Waals surface area contributed by atoms with E-state index in [4.69, 9.17) is 0 Å². The molecule has 0 aliphatic heterocycles. The van der Waals surface area contributed by atoms with Crippen LogP contribution in [0.3, 0.4) is 0 Å². The van der Waals surface area contributed by atoms with Crippen molar-refractivity contribution < 1.29 is 9.50 Å². The van der Waals surface area contributed by atoms with Gasteiger partial charge in [0.2, 0.25) is 0 Å². The van der Waals surface area contributed by atoms with Crippen molar-refractivity contribution in [2.45, 2.75) is 44.8 Å². The molecule has 2 nitrogen and oxygen atoms in total. The van der Waals surface area contributed by atoms with Crippen molar-refractivity contribution in [2.75, 3.05) is 6.54 Å². The summed E-state index contributed by atoms with van der Waals surface area (Å²) in [5.41, 5.74) is 0.773. The van der Waals surface area contributed by atoms with Gasteiger partial charge in [-0.2, -0.15) is 0 Å². The molecule has 0 heterocycles. The fourth-order valence-corrected chi connectivity index (χ4v) is 2.38. The van der Waals surface area contributed by atoms with E-state index >= 15 is 0 Å². The van der Waals surface area contributed by atoms with Crippen molar-refractivity contribution in [3.8, 4) is 0 Å². The number of aliphatic hydroxyl groups excluding tert-OH is 1. The number of rotatable bonds is 7. The van der Waals surface area contributed by atoms with E-state index in [-0.39, 0.29) is 5.82 Å². The van der Waals surface area contributed by atoms with Gasteiger partial charge < -0.3 is 10.4 Å². The summed E-state index contributed by atoms with van der Waals surface area (Å²) in [6.07, 6.45) is 4.40. The Labute approximate surface area is 108 Å². The van der Waals surface area contributed by atoms with Gasteiger partial charge in [-0.1, -0.05) is 25.5 Å². The normalized spacial score (nSPS) is 18.6. The SMILES string of the molecule is CCCC(NCC(O)c1ccc(F)cc1)C1CC1. The van der Waals surface area contributed by atoms with E-state index in [1.165, 1.54) is 37.8 Å². The standard InChI is InChI=1S/C15H22FNO/c1-2-3-14(11-4-5-11)17-10-15(18)12-6-8-13(16)9-7-12/h6-9,11,14-15,17-18H,2-5,10H2,1H3. The Morgan fingerprint density at radius 1 is 1.33 bits per heavy atom. The third kappa shape index (κ3) is 3.79. The zero-order valence-corrected chi connectivity index (χ0v) is 10.9. The first kappa shape index (κ1) is 13.5. The Bertz CT molecular complexity index is 361. The van der Waals surface area contributed by atoms with E-state index in [1.54, 1.807) is 12.1 Å². The first-order valence-corrected chi connectivity index (χ1v) is 6.87. The molecule has 1 aliphatic carbocycles. The fourth-order valence-electron chi connectivity index (χ4n) is 2.38. The van der Waals surface area contributed by atoms with Crippen molar-refractivity contribution in [3.05, 3.63) is 35.6 Å². The minimum Gasteiger partial charge on any atom is -0.387 e. The number of aliphatic hydroxyl groups is 1. The maximum atomic E-state index is 12.8. The van der Waals surface area contributed by atoms with Crippen LogP contribution in [-0.2, 0) is 0 Å². The lowest BCUT2D eigenvalue weighted by atomic mass is 10.1. The average molecular weight is 251 g/mol. The highest BCUT2D eigenvalue weighted by Crippen LogP contribution is 2.34. The van der Waals surface area contributed by atoms with Gasteiger partial charge in [0.15, 0.2) is 0 Å². The van der Waals surface area contributed by atoms with Crippen LogP contribution in [0.15, 0.2) is 24.3 Å². The Balaban J connectivity index is 1.82. The minimum atomic E-state index is -0.552. The maximum Gasteiger partial charge on any atom is 0.123 e. The molecule has 0 radical (unpaired) electrons. The second-order valence-corrected chi connectivity index (χ2v) is 5.21. The molecule has 1 aromatic carbocycles. The predicted octanol–water partition coefficient (Wildman–Crippen LogP) is 3.03. The zero-order chi connectivity index (χ0) is 13.0. The molecule has 1 fully saturated rings. The quantitative estimate of drug-likeness (QED) is 0.780. The summed E-state index contributed by atoms with van der Waals surface area (Å²) in [5.74, 6) is 0.533. The molecule has 0 amide bonds. The Morgan fingerprint density at radius 2 is 2.00 bits per heavy atom. The van der Waals surface area contributed by atoms with E-state index in [2.05, 4.69) is 12.2 Å². The van der Waals surface area contributed by atoms with Crippen LogP contribution in [0.25, 0.3) is 0 Å². The highest BCUT2D eigenvalue weighted by Gasteiger charge is 2.30. The Kier molecular flexibility index (Phi) is 4.72. The molecule has 0 spiro atoms. The summed E-state index contributed by atoms with van der Waals surface area (Å²) < 4.78 is 12.8. The molecule has 1 saturated carbocycles. The van der Waals surface area contributed by atoms with Crippen LogP contribution < -0.4 is 5.32 Å². The molecule has 2 atom stereocenters. The van der Waals surface area contributed by atoms with Gasteiger partial charge in [0.1, 0.15) is 5.82 Å². The summed E-state index contributed by atoms with van der Waals surface area (Å²) in [4.78, 5) is 0. The Hall–Kier alpha value is -0.930. The lowest BCUT2D eigenvalue weighted by Crippen LogP contribution is -2.34. The summed E-state index contributed by atoms with van der Waals surface area (Å²) in [6.45, 7) is 2.74. The van der Waals surface area contributed by atoms with Gasteiger partial charge in [0.25, 0.3) is 0 Å². The van der Waals surface area contributed by atoms with Crippen molar-refractivity contribution in [1.82, 2.24) is 5.32 Å². The molecule has 0 aromatic heterocycles. The van der Waals surface area contributed by atoms with E-state index in [9.17, 15) is 9.50 Å². The van der Waals surface area contributed by atoms with Crippen molar-refractivity contribution in [1.29, 1.82) is 0 Å². The predicted molar refractivity (Wildman–Crippen MR) is 70.8 cm³/mol. The molecular weight excluding hydrogens is 229 g/mol. The molecule has 1 aromatic rings. The number of benzene rings is 1. The van der Waals surface area contributed by atoms with E-state index in [1.807, 2.05) is 0 Å². The molecule has 100 valence electrons. The minimum absolute atomic E-state index is 0.263. The van der Waals surface area contributed by atoms with E-state index in [0.29, 0.717) is 12.6 Å². The highest BCUT2D eigenvalue weighted by atomic mass is 19.1. The maximum absolute atomic E-state index is 12.8. The number of hydrogen-bond donors (Lipinski definition) is 2. The van der Waals surface area contributed by atoms with Gasteiger partial charge >= 0.3 is 0 Å². The monoisotopic (exact) mass is 251 g/mol. The summed E-state index contributed by atoms with van der Waals surface area (Å²) in [6, 6.07) is 6.61. The van der Waals surface area contributed by atoms with Gasteiger partial charge in [0.05, 0.1) is 6.10 Å². The lowest BCUT2D eigenvalue weighted by Gasteiger charge is -2.20. The van der Waals surface area contributed by atoms with Crippen LogP contribution in [0.4, 0.5) is 4.39 Å². The second-order valence-electron chi connectivity index (χ2n) is 5.21. The van der Waals surface area contributed by atoms with Gasteiger partial charge in [-0.05, 0) is 42.9 Å². The zero-order valence-electron chi connectivity index (χ0n) is 10.9. The third-order valence-electron chi connectivity index (χ3n) is 3.62. The molecule has 2 unspecified atom stereocenters. The number of hydrogen-bond acceptors (Lipinski definition) is 2. The molecule has 18 heavy (non-hydrogen) atoms. The lowest BCUT2D eigenvalue weighted by molar-refractivity contribution is 0.166. The summed E-state index contributed by atoms with van der Waals surface area (Å²) in [7, 11) is 0. The molecule has 2 N–H and O–H groups in total. The second kappa shape index (κ2) is 6.30. The topological polar surface area (TPSA) is 32.3 Å². The molecule has 3 heteroatoms. The van der Waals surface area contributed by atoms with E-state index in [0.717, 1.165) is 11.5 Å². The van der Waals surface area contributed by atoms with Crippen molar-refractivity contribution in [3.63, 3.8) is 0 Å². The number of nitrogens with one attached hydrogen (secondary N) is 1. The highest BCUT2D eigenvalue weighted by molar-refractivity contribution is 5.18. The molecule has 0 bridgehead atoms. The van der Waals surface area contributed by atoms with Crippen LogP contribution in [0.1, 0.15) is 44.3 Å². The van der Waals surface area contributed by atoms with Crippen LogP contribution in [0.5, 0.6) is 0 Å². The molecule has 0 saturated heterocycles. The van der Waals surface area contributed by atoms with E-state index < -0.39 is 6.10 Å². The largest absolute Gasteiger partial charge is 0.387 e. The molecule has 1 aliphatic rings. The van der Waals surface area contributed by atoms with Crippen LogP contribution in [0, 0.1) is 11.7 Å². The summed E-state index contributed by atoms with van der Waals surface area (Å²) in [5, 5.41) is 13.5. The average Bonchev–Trinajstić information content (AvgIpc) is 3.19. The molecular formula is C15H22FNO. The van der Waals surface area contributed by atoms with Crippen molar-refractivity contribution >= 4 is 0 Å². The van der Waals surface area contributed by atoms with Gasteiger partial charge in [0, 0.05) is 12.6 Å². The van der Waals surface area contributed by atoms with Crippen LogP contribution >= 0.6 is 0 Å². The fraction of sp³-hybridized carbons (Fsp3) is 0.600. The molecule has 2 rings (SSSR count). The third-order valence-corrected chi connectivity index (χ3v) is 3.62.